The lowest BCUT2D eigenvalue weighted by molar-refractivity contribution is -0.148. The van der Waals surface area contributed by atoms with Gasteiger partial charge >= 0.3 is 0 Å². The molecule has 0 bridgehead atoms. The predicted molar refractivity (Wildman–Crippen MR) is 122 cm³/mol. The fourth-order valence-corrected chi connectivity index (χ4v) is 5.21. The average molecular weight is 416 g/mol. The minimum Gasteiger partial charge on any atom is -0.361 e. The number of para-hydroxylation sites is 1. The second-order valence-electron chi connectivity index (χ2n) is 8.75. The van der Waals surface area contributed by atoms with Crippen LogP contribution in [0.4, 0.5) is 0 Å². The van der Waals surface area contributed by atoms with E-state index in [9.17, 15) is 9.59 Å². The van der Waals surface area contributed by atoms with Crippen molar-refractivity contribution in [2.45, 2.75) is 44.1 Å². The molecule has 1 unspecified atom stereocenters. The van der Waals surface area contributed by atoms with Gasteiger partial charge in [0.2, 0.25) is 11.8 Å². The van der Waals surface area contributed by atoms with Crippen molar-refractivity contribution in [2.24, 2.45) is 0 Å². The third-order valence-corrected chi connectivity index (χ3v) is 6.89. The van der Waals surface area contributed by atoms with Gasteiger partial charge in [-0.25, -0.2) is 0 Å². The Bertz CT molecular complexity index is 1070. The van der Waals surface area contributed by atoms with Crippen LogP contribution < -0.4 is 0 Å². The number of nitrogens with one attached hydrogen (secondary N) is 1. The fraction of sp³-hybridized carbons (Fsp3) is 0.385. The first kappa shape index (κ1) is 19.9. The third kappa shape index (κ3) is 3.85. The summed E-state index contributed by atoms with van der Waals surface area (Å²) in [5.74, 6) is 0.618. The van der Waals surface area contributed by atoms with Crippen LogP contribution >= 0.6 is 0 Å². The zero-order chi connectivity index (χ0) is 21.2. The summed E-state index contributed by atoms with van der Waals surface area (Å²) in [6.07, 6.45) is 6.45. The molecular weight excluding hydrogens is 386 g/mol. The molecule has 2 aliphatic rings. The van der Waals surface area contributed by atoms with Crippen LogP contribution in [0, 0.1) is 0 Å². The number of aromatic amines is 1. The normalized spacial score (nSPS) is 19.0. The van der Waals surface area contributed by atoms with Crippen LogP contribution in [0.15, 0.2) is 60.8 Å². The Morgan fingerprint density at radius 2 is 1.68 bits per heavy atom. The van der Waals surface area contributed by atoms with Gasteiger partial charge in [-0.15, -0.1) is 0 Å². The number of benzene rings is 2. The molecule has 3 aromatic rings. The van der Waals surface area contributed by atoms with E-state index in [4.69, 9.17) is 0 Å². The van der Waals surface area contributed by atoms with Crippen LogP contribution in [0.3, 0.4) is 0 Å². The van der Waals surface area contributed by atoms with E-state index in [1.807, 2.05) is 40.1 Å². The second kappa shape index (κ2) is 8.58. The van der Waals surface area contributed by atoms with E-state index in [2.05, 4.69) is 35.4 Å². The first-order chi connectivity index (χ1) is 15.2. The largest absolute Gasteiger partial charge is 0.361 e. The average Bonchev–Trinajstić information content (AvgIpc) is 3.25. The molecule has 1 N–H and O–H groups in total. The number of amides is 2. The molecule has 0 radical (unpaired) electrons. The van der Waals surface area contributed by atoms with E-state index >= 15 is 0 Å². The molecule has 160 valence electrons. The summed E-state index contributed by atoms with van der Waals surface area (Å²) in [5, 5.41) is 1.29. The Morgan fingerprint density at radius 1 is 0.935 bits per heavy atom. The highest BCUT2D eigenvalue weighted by Gasteiger charge is 2.36. The molecule has 2 saturated heterocycles. The maximum Gasteiger partial charge on any atom is 0.250 e. The SMILES string of the molecule is O=C(C(c1ccccc1)N1CCCCC1=O)N1CCC(c2c[nH]c3ccccc23)CC1. The molecule has 0 aliphatic carbocycles. The van der Waals surface area contributed by atoms with E-state index in [1.54, 1.807) is 0 Å². The van der Waals surface area contributed by atoms with Gasteiger partial charge in [0.05, 0.1) is 0 Å². The van der Waals surface area contributed by atoms with Crippen molar-refractivity contribution in [1.82, 2.24) is 14.8 Å². The van der Waals surface area contributed by atoms with Gasteiger partial charge in [-0.1, -0.05) is 48.5 Å². The minimum absolute atomic E-state index is 0.0684. The fourth-order valence-electron chi connectivity index (χ4n) is 5.21. The molecule has 3 heterocycles. The number of nitrogens with zero attached hydrogens (tertiary/aromatic N) is 2. The van der Waals surface area contributed by atoms with E-state index in [0.717, 1.165) is 44.3 Å². The number of hydrogen-bond acceptors (Lipinski definition) is 2. The Morgan fingerprint density at radius 3 is 2.45 bits per heavy atom. The number of likely N-dealkylation sites (tertiary alicyclic amines) is 2. The Balaban J connectivity index is 1.34. The van der Waals surface area contributed by atoms with Gasteiger partial charge in [0, 0.05) is 43.2 Å². The highest BCUT2D eigenvalue weighted by molar-refractivity contribution is 5.89. The van der Waals surface area contributed by atoms with Gasteiger partial charge < -0.3 is 14.8 Å². The predicted octanol–water partition coefficient (Wildman–Crippen LogP) is 4.63. The Kier molecular flexibility index (Phi) is 5.49. The summed E-state index contributed by atoms with van der Waals surface area (Å²) in [5.41, 5.74) is 3.44. The molecule has 0 spiro atoms. The van der Waals surface area contributed by atoms with Crippen molar-refractivity contribution in [3.05, 3.63) is 71.9 Å². The molecule has 5 nitrogen and oxygen atoms in total. The Labute approximate surface area is 183 Å². The molecule has 5 rings (SSSR count). The lowest BCUT2D eigenvalue weighted by atomic mass is 9.88. The van der Waals surface area contributed by atoms with E-state index < -0.39 is 6.04 Å². The summed E-state index contributed by atoms with van der Waals surface area (Å²) < 4.78 is 0. The number of fused-ring (bicyclic) bond motifs is 1. The first-order valence-electron chi connectivity index (χ1n) is 11.4. The molecule has 2 fully saturated rings. The third-order valence-electron chi connectivity index (χ3n) is 6.89. The summed E-state index contributed by atoms with van der Waals surface area (Å²) in [7, 11) is 0. The van der Waals surface area contributed by atoms with E-state index in [-0.39, 0.29) is 11.8 Å². The maximum atomic E-state index is 13.7. The van der Waals surface area contributed by atoms with Crippen LogP contribution in [-0.4, -0.2) is 46.2 Å². The Hall–Kier alpha value is -3.08. The summed E-state index contributed by atoms with van der Waals surface area (Å²) in [4.78, 5) is 33.5. The summed E-state index contributed by atoms with van der Waals surface area (Å²) in [6, 6.07) is 17.7. The number of hydrogen-bond donors (Lipinski definition) is 1. The minimum atomic E-state index is -0.501. The van der Waals surface area contributed by atoms with Gasteiger partial charge in [0.15, 0.2) is 0 Å². The van der Waals surface area contributed by atoms with Gasteiger partial charge in [0.25, 0.3) is 0 Å². The van der Waals surface area contributed by atoms with Crippen LogP contribution in [0.5, 0.6) is 0 Å². The molecule has 2 aromatic carbocycles. The van der Waals surface area contributed by atoms with E-state index in [1.165, 1.54) is 16.5 Å². The number of aromatic nitrogens is 1. The van der Waals surface area contributed by atoms with E-state index in [0.29, 0.717) is 18.9 Å². The number of carbonyl (C=O) groups is 2. The monoisotopic (exact) mass is 415 g/mol. The molecule has 5 heteroatoms. The maximum absolute atomic E-state index is 13.7. The van der Waals surface area contributed by atoms with Crippen LogP contribution in [0.2, 0.25) is 0 Å². The summed E-state index contributed by atoms with van der Waals surface area (Å²) >= 11 is 0. The van der Waals surface area contributed by atoms with Crippen LogP contribution in [0.1, 0.15) is 55.2 Å². The smallest absolute Gasteiger partial charge is 0.250 e. The molecule has 0 saturated carbocycles. The molecular formula is C26H29N3O2. The lowest BCUT2D eigenvalue weighted by Crippen LogP contribution is -2.49. The van der Waals surface area contributed by atoms with Gasteiger partial charge in [-0.05, 0) is 48.8 Å². The quantitative estimate of drug-likeness (QED) is 0.676. The number of carbonyl (C=O) groups excluding carboxylic acids is 2. The first-order valence-corrected chi connectivity index (χ1v) is 11.4. The van der Waals surface area contributed by atoms with Crippen molar-refractivity contribution in [1.29, 1.82) is 0 Å². The molecule has 31 heavy (non-hydrogen) atoms. The number of piperidine rings is 2. The van der Waals surface area contributed by atoms with Gasteiger partial charge in [-0.2, -0.15) is 0 Å². The second-order valence-corrected chi connectivity index (χ2v) is 8.75. The van der Waals surface area contributed by atoms with Crippen LogP contribution in [-0.2, 0) is 9.59 Å². The van der Waals surface area contributed by atoms with Crippen molar-refractivity contribution < 1.29 is 9.59 Å². The van der Waals surface area contributed by atoms with Crippen LogP contribution in [0.25, 0.3) is 10.9 Å². The zero-order valence-corrected chi connectivity index (χ0v) is 17.8. The van der Waals surface area contributed by atoms with Gasteiger partial charge in [-0.3, -0.25) is 9.59 Å². The lowest BCUT2D eigenvalue weighted by Gasteiger charge is -2.39. The van der Waals surface area contributed by atoms with Crippen molar-refractivity contribution in [3.63, 3.8) is 0 Å². The summed E-state index contributed by atoms with van der Waals surface area (Å²) in [6.45, 7) is 2.12. The topological polar surface area (TPSA) is 56.4 Å². The van der Waals surface area contributed by atoms with Crippen molar-refractivity contribution in [2.75, 3.05) is 19.6 Å². The van der Waals surface area contributed by atoms with Crippen molar-refractivity contribution >= 4 is 22.7 Å². The molecule has 2 aliphatic heterocycles. The zero-order valence-electron chi connectivity index (χ0n) is 17.8. The number of H-pyrrole nitrogens is 1. The number of rotatable bonds is 4. The highest BCUT2D eigenvalue weighted by atomic mass is 16.2. The molecule has 1 aromatic heterocycles. The highest BCUT2D eigenvalue weighted by Crippen LogP contribution is 2.35. The standard InChI is InChI=1S/C26H29N3O2/c30-24-12-6-7-15-29(24)25(20-8-2-1-3-9-20)26(31)28-16-13-19(14-17-28)22-18-27-23-11-5-4-10-21(22)23/h1-5,8-11,18-19,25,27H,6-7,12-17H2. The molecule has 2 amide bonds. The van der Waals surface area contributed by atoms with Crippen molar-refractivity contribution in [3.8, 4) is 0 Å². The van der Waals surface area contributed by atoms with Gasteiger partial charge in [0.1, 0.15) is 6.04 Å². The molecule has 1 atom stereocenters.